The molecule has 2 heterocycles. The lowest BCUT2D eigenvalue weighted by atomic mass is 9.95. The minimum atomic E-state index is -0.930. The van der Waals surface area contributed by atoms with Gasteiger partial charge in [-0.3, -0.25) is 14.7 Å². The van der Waals surface area contributed by atoms with E-state index in [1.165, 1.54) is 0 Å². The second-order valence-electron chi connectivity index (χ2n) is 7.59. The highest BCUT2D eigenvalue weighted by atomic mass is 127. The molecule has 1 N–H and O–H groups in total. The number of para-hydroxylation sites is 1. The second-order valence-corrected chi connectivity index (χ2v) is 8.84. The summed E-state index contributed by atoms with van der Waals surface area (Å²) in [6.45, 7) is 6.16. The van der Waals surface area contributed by atoms with Gasteiger partial charge in [-0.1, -0.05) is 25.1 Å². The predicted molar refractivity (Wildman–Crippen MR) is 129 cm³/mol. The minimum absolute atomic E-state index is 0.364. The number of pyridine rings is 1. The van der Waals surface area contributed by atoms with E-state index in [4.69, 9.17) is 9.72 Å². The van der Waals surface area contributed by atoms with Crippen molar-refractivity contribution < 1.29 is 14.3 Å². The third-order valence-electron chi connectivity index (χ3n) is 5.54. The zero-order valence-electron chi connectivity index (χ0n) is 17.5. The van der Waals surface area contributed by atoms with E-state index in [9.17, 15) is 9.59 Å². The van der Waals surface area contributed by atoms with Crippen molar-refractivity contribution >= 4 is 51.1 Å². The molecule has 1 unspecified atom stereocenters. The van der Waals surface area contributed by atoms with E-state index >= 15 is 0 Å². The number of benzene rings is 2. The molecule has 0 radical (unpaired) electrons. The molecule has 0 fully saturated rings. The summed E-state index contributed by atoms with van der Waals surface area (Å²) in [6.07, 6.45) is -0.142. The molecule has 160 valence electrons. The van der Waals surface area contributed by atoms with E-state index in [-0.39, 0.29) is 5.91 Å². The number of hydrogen-bond acceptors (Lipinski definition) is 5. The Morgan fingerprint density at radius 3 is 2.68 bits per heavy atom. The molecule has 0 bridgehead atoms. The standard InChI is InChI=1S/C24H24IN3O3/c1-3-28-13-12-21-19(14-28)22(18-6-4-5-7-20(18)27-21)24(30)31-15(2)23(29)26-17-10-8-16(25)9-11-17/h4-11,15H,3,12-14H2,1-2H3,(H,26,29). The number of likely N-dealkylation sites (N-methyl/N-ethyl adjacent to an activating group) is 1. The average Bonchev–Trinajstić information content (AvgIpc) is 2.78. The van der Waals surface area contributed by atoms with Crippen molar-refractivity contribution in [2.24, 2.45) is 0 Å². The van der Waals surface area contributed by atoms with Crippen LogP contribution >= 0.6 is 22.6 Å². The number of esters is 1. The Morgan fingerprint density at radius 2 is 1.94 bits per heavy atom. The van der Waals surface area contributed by atoms with Gasteiger partial charge in [0.2, 0.25) is 0 Å². The van der Waals surface area contributed by atoms with Gasteiger partial charge in [0.05, 0.1) is 11.1 Å². The van der Waals surface area contributed by atoms with Crippen molar-refractivity contribution in [3.8, 4) is 0 Å². The second kappa shape index (κ2) is 9.32. The number of nitrogens with zero attached hydrogens (tertiary/aromatic N) is 2. The number of amides is 1. The fourth-order valence-electron chi connectivity index (χ4n) is 3.80. The molecule has 1 amide bonds. The van der Waals surface area contributed by atoms with Crippen LogP contribution in [0, 0.1) is 3.57 Å². The molecule has 6 nitrogen and oxygen atoms in total. The van der Waals surface area contributed by atoms with Crippen LogP contribution in [0.4, 0.5) is 5.69 Å². The number of carbonyl (C=O) groups excluding carboxylic acids is 2. The van der Waals surface area contributed by atoms with Crippen molar-refractivity contribution in [3.05, 3.63) is 68.9 Å². The molecule has 2 aromatic carbocycles. The van der Waals surface area contributed by atoms with Crippen LogP contribution in [0.15, 0.2) is 48.5 Å². The Labute approximate surface area is 195 Å². The first-order chi connectivity index (χ1) is 15.0. The van der Waals surface area contributed by atoms with Gasteiger partial charge in [0.1, 0.15) is 0 Å². The molecule has 0 spiro atoms. The molecule has 0 saturated carbocycles. The monoisotopic (exact) mass is 529 g/mol. The van der Waals surface area contributed by atoms with E-state index in [0.29, 0.717) is 17.8 Å². The van der Waals surface area contributed by atoms with E-state index in [1.807, 2.05) is 48.5 Å². The maximum Gasteiger partial charge on any atom is 0.339 e. The van der Waals surface area contributed by atoms with Crippen molar-refractivity contribution in [3.63, 3.8) is 0 Å². The van der Waals surface area contributed by atoms with E-state index in [1.54, 1.807) is 6.92 Å². The minimum Gasteiger partial charge on any atom is -0.449 e. The van der Waals surface area contributed by atoms with Gasteiger partial charge in [0.15, 0.2) is 6.10 Å². The maximum absolute atomic E-state index is 13.3. The van der Waals surface area contributed by atoms with Crippen molar-refractivity contribution in [1.82, 2.24) is 9.88 Å². The number of carbonyl (C=O) groups is 2. The summed E-state index contributed by atoms with van der Waals surface area (Å²) in [5, 5.41) is 3.56. The summed E-state index contributed by atoms with van der Waals surface area (Å²) in [4.78, 5) is 33.0. The average molecular weight is 529 g/mol. The predicted octanol–water partition coefficient (Wildman–Crippen LogP) is 4.40. The number of anilines is 1. The summed E-state index contributed by atoms with van der Waals surface area (Å²) in [6, 6.07) is 15.0. The van der Waals surface area contributed by atoms with Crippen LogP contribution in [0.25, 0.3) is 10.9 Å². The lowest BCUT2D eigenvalue weighted by Gasteiger charge is -2.29. The number of aromatic nitrogens is 1. The van der Waals surface area contributed by atoms with Crippen LogP contribution in [0.5, 0.6) is 0 Å². The molecule has 1 aliphatic rings. The zero-order chi connectivity index (χ0) is 22.0. The van der Waals surface area contributed by atoms with E-state index in [0.717, 1.165) is 45.2 Å². The fourth-order valence-corrected chi connectivity index (χ4v) is 4.16. The van der Waals surface area contributed by atoms with Crippen molar-refractivity contribution in [1.29, 1.82) is 0 Å². The highest BCUT2D eigenvalue weighted by Crippen LogP contribution is 2.29. The highest BCUT2D eigenvalue weighted by molar-refractivity contribution is 14.1. The lowest BCUT2D eigenvalue weighted by molar-refractivity contribution is -0.123. The molecule has 0 aliphatic carbocycles. The molecule has 7 heteroatoms. The Balaban J connectivity index is 1.61. The normalized spacial score (nSPS) is 14.7. The van der Waals surface area contributed by atoms with Gasteiger partial charge >= 0.3 is 5.97 Å². The molecule has 31 heavy (non-hydrogen) atoms. The topological polar surface area (TPSA) is 71.5 Å². The van der Waals surface area contributed by atoms with Gasteiger partial charge in [-0.2, -0.15) is 0 Å². The largest absolute Gasteiger partial charge is 0.449 e. The van der Waals surface area contributed by atoms with Gasteiger partial charge in [-0.15, -0.1) is 0 Å². The van der Waals surface area contributed by atoms with E-state index < -0.39 is 12.1 Å². The number of halogens is 1. The van der Waals surface area contributed by atoms with Crippen LogP contribution in [0.2, 0.25) is 0 Å². The molecular formula is C24H24IN3O3. The SMILES string of the molecule is CCN1CCc2nc3ccccc3c(C(=O)OC(C)C(=O)Nc3ccc(I)cc3)c2C1. The summed E-state index contributed by atoms with van der Waals surface area (Å²) < 4.78 is 6.71. The summed E-state index contributed by atoms with van der Waals surface area (Å²) in [5.74, 6) is -0.852. The van der Waals surface area contributed by atoms with Crippen LogP contribution in [-0.4, -0.2) is 41.0 Å². The summed E-state index contributed by atoms with van der Waals surface area (Å²) in [5.41, 5.74) is 3.80. The number of fused-ring (bicyclic) bond motifs is 2. The molecule has 1 atom stereocenters. The first-order valence-electron chi connectivity index (χ1n) is 10.4. The smallest absolute Gasteiger partial charge is 0.339 e. The number of nitrogens with one attached hydrogen (secondary N) is 1. The molecule has 1 aromatic heterocycles. The van der Waals surface area contributed by atoms with Crippen molar-refractivity contribution in [2.75, 3.05) is 18.4 Å². The number of rotatable bonds is 5. The Bertz CT molecular complexity index is 1130. The lowest BCUT2D eigenvalue weighted by Crippen LogP contribution is -2.34. The number of hydrogen-bond donors (Lipinski definition) is 1. The zero-order valence-corrected chi connectivity index (χ0v) is 19.7. The molecule has 0 saturated heterocycles. The first kappa shape index (κ1) is 21.7. The third-order valence-corrected chi connectivity index (χ3v) is 6.26. The number of ether oxygens (including phenoxy) is 1. The van der Waals surface area contributed by atoms with Gasteiger partial charge < -0.3 is 10.1 Å². The van der Waals surface area contributed by atoms with Gasteiger partial charge in [0.25, 0.3) is 5.91 Å². The molecule has 1 aliphatic heterocycles. The van der Waals surface area contributed by atoms with Crippen LogP contribution in [0.1, 0.15) is 35.5 Å². The molecule has 3 aromatic rings. The van der Waals surface area contributed by atoms with Crippen LogP contribution < -0.4 is 5.32 Å². The molecule has 4 rings (SSSR count). The van der Waals surface area contributed by atoms with Crippen LogP contribution in [0.3, 0.4) is 0 Å². The van der Waals surface area contributed by atoms with Gasteiger partial charge in [0, 0.05) is 45.4 Å². The Hall–Kier alpha value is -2.52. The fraction of sp³-hybridized carbons (Fsp3) is 0.292. The maximum atomic E-state index is 13.3. The first-order valence-corrected chi connectivity index (χ1v) is 11.4. The Kier molecular flexibility index (Phi) is 6.52. The van der Waals surface area contributed by atoms with Gasteiger partial charge in [-0.25, -0.2) is 4.79 Å². The summed E-state index contributed by atoms with van der Waals surface area (Å²) >= 11 is 2.20. The van der Waals surface area contributed by atoms with Gasteiger partial charge in [-0.05, 0) is 66.4 Å². The quantitative estimate of drug-likeness (QED) is 0.392. The highest BCUT2D eigenvalue weighted by Gasteiger charge is 2.28. The van der Waals surface area contributed by atoms with Crippen LogP contribution in [-0.2, 0) is 22.5 Å². The molecular weight excluding hydrogens is 505 g/mol. The Morgan fingerprint density at radius 1 is 1.19 bits per heavy atom. The van der Waals surface area contributed by atoms with Crippen molar-refractivity contribution in [2.45, 2.75) is 32.9 Å². The van der Waals surface area contributed by atoms with E-state index in [2.05, 4.69) is 39.7 Å². The third kappa shape index (κ3) is 4.72. The summed E-state index contributed by atoms with van der Waals surface area (Å²) in [7, 11) is 0.